The summed E-state index contributed by atoms with van der Waals surface area (Å²) in [5.74, 6) is 0.557. The first-order valence-electron chi connectivity index (χ1n) is 4.69. The van der Waals surface area contributed by atoms with Gasteiger partial charge in [0.2, 0.25) is 0 Å². The average molecular weight is 186 g/mol. The summed E-state index contributed by atoms with van der Waals surface area (Å²) in [6, 6.07) is 0. The van der Waals surface area contributed by atoms with Crippen molar-refractivity contribution in [1.82, 2.24) is 0 Å². The van der Waals surface area contributed by atoms with Gasteiger partial charge < -0.3 is 10.5 Å². The third kappa shape index (κ3) is 4.88. The number of ether oxygens (including phenoxy) is 1. The molecule has 78 valence electrons. The molecule has 0 radical (unpaired) electrons. The third-order valence-corrected chi connectivity index (χ3v) is 1.58. The van der Waals surface area contributed by atoms with Gasteiger partial charge >= 0.3 is 0 Å². The van der Waals surface area contributed by atoms with Gasteiger partial charge in [-0.15, -0.1) is 0 Å². The standard InChI is InChI=1S/C10H22N2O/c1-7-13-10(5,6)8(11)12-9(2,3)4/h7H2,1-6H3,(H2,11,12). The zero-order valence-corrected chi connectivity index (χ0v) is 9.64. The van der Waals surface area contributed by atoms with E-state index in [0.717, 1.165) is 0 Å². The normalized spacial score (nSPS) is 14.8. The highest BCUT2D eigenvalue weighted by molar-refractivity contribution is 5.88. The summed E-state index contributed by atoms with van der Waals surface area (Å²) in [5.41, 5.74) is 5.25. The van der Waals surface area contributed by atoms with Crippen LogP contribution in [0, 0.1) is 0 Å². The van der Waals surface area contributed by atoms with Gasteiger partial charge in [0.25, 0.3) is 0 Å². The molecule has 0 aromatic heterocycles. The summed E-state index contributed by atoms with van der Waals surface area (Å²) in [5, 5.41) is 0. The Hall–Kier alpha value is -0.570. The van der Waals surface area contributed by atoms with Gasteiger partial charge in [0.1, 0.15) is 11.4 Å². The molecule has 13 heavy (non-hydrogen) atoms. The minimum Gasteiger partial charge on any atom is -0.385 e. The molecule has 0 aliphatic rings. The number of hydrogen-bond acceptors (Lipinski definition) is 2. The molecule has 0 aliphatic carbocycles. The maximum atomic E-state index is 5.85. The van der Waals surface area contributed by atoms with E-state index in [4.69, 9.17) is 10.5 Å². The van der Waals surface area contributed by atoms with Crippen LogP contribution in [0.4, 0.5) is 0 Å². The van der Waals surface area contributed by atoms with Crippen LogP contribution in [0.25, 0.3) is 0 Å². The maximum Gasteiger partial charge on any atom is 0.126 e. The smallest absolute Gasteiger partial charge is 0.126 e. The second-order valence-corrected chi connectivity index (χ2v) is 4.61. The molecule has 2 N–H and O–H groups in total. The van der Waals surface area contributed by atoms with Gasteiger partial charge in [0.05, 0.1) is 5.54 Å². The van der Waals surface area contributed by atoms with Crippen molar-refractivity contribution in [2.45, 2.75) is 52.7 Å². The molecule has 3 nitrogen and oxygen atoms in total. The van der Waals surface area contributed by atoms with Crippen LogP contribution in [0.3, 0.4) is 0 Å². The molecule has 0 aromatic carbocycles. The largest absolute Gasteiger partial charge is 0.385 e. The number of amidine groups is 1. The predicted octanol–water partition coefficient (Wildman–Crippen LogP) is 1.96. The van der Waals surface area contributed by atoms with Crippen LogP contribution in [0.5, 0.6) is 0 Å². The Labute approximate surface area is 81.4 Å². The molecule has 0 saturated carbocycles. The van der Waals surface area contributed by atoms with Gasteiger partial charge in [-0.05, 0) is 41.5 Å². The van der Waals surface area contributed by atoms with Crippen molar-refractivity contribution in [2.24, 2.45) is 10.7 Å². The molecule has 3 heteroatoms. The lowest BCUT2D eigenvalue weighted by molar-refractivity contribution is 0.0425. The van der Waals surface area contributed by atoms with Crippen molar-refractivity contribution in [1.29, 1.82) is 0 Å². The Kier molecular flexibility index (Phi) is 3.91. The van der Waals surface area contributed by atoms with Crippen LogP contribution in [-0.4, -0.2) is 23.6 Å². The van der Waals surface area contributed by atoms with E-state index in [1.807, 2.05) is 41.5 Å². The number of nitrogens with zero attached hydrogens (tertiary/aromatic N) is 1. The molecule has 0 fully saturated rings. The Bertz CT molecular complexity index is 190. The Morgan fingerprint density at radius 1 is 1.23 bits per heavy atom. The molecular weight excluding hydrogens is 164 g/mol. The van der Waals surface area contributed by atoms with E-state index in [0.29, 0.717) is 12.4 Å². The van der Waals surface area contributed by atoms with Gasteiger partial charge in [-0.25, -0.2) is 0 Å². The summed E-state index contributed by atoms with van der Waals surface area (Å²) in [7, 11) is 0. The summed E-state index contributed by atoms with van der Waals surface area (Å²) in [4.78, 5) is 4.37. The van der Waals surface area contributed by atoms with Crippen molar-refractivity contribution < 1.29 is 4.74 Å². The van der Waals surface area contributed by atoms with Crippen LogP contribution in [0.2, 0.25) is 0 Å². The van der Waals surface area contributed by atoms with Crippen LogP contribution >= 0.6 is 0 Å². The maximum absolute atomic E-state index is 5.85. The number of hydrogen-bond donors (Lipinski definition) is 1. The highest BCUT2D eigenvalue weighted by Gasteiger charge is 2.24. The molecule has 0 saturated heterocycles. The number of rotatable bonds is 3. The minimum absolute atomic E-state index is 0.140. The van der Waals surface area contributed by atoms with Gasteiger partial charge in [-0.1, -0.05) is 0 Å². The molecule has 0 spiro atoms. The van der Waals surface area contributed by atoms with Crippen molar-refractivity contribution in [3.63, 3.8) is 0 Å². The molecule has 0 aromatic rings. The lowest BCUT2D eigenvalue weighted by Gasteiger charge is -2.26. The summed E-state index contributed by atoms with van der Waals surface area (Å²) in [6.45, 7) is 12.5. The first-order valence-corrected chi connectivity index (χ1v) is 4.69. The van der Waals surface area contributed by atoms with Crippen LogP contribution in [0.1, 0.15) is 41.5 Å². The third-order valence-electron chi connectivity index (χ3n) is 1.58. The zero-order valence-electron chi connectivity index (χ0n) is 9.64. The van der Waals surface area contributed by atoms with E-state index in [9.17, 15) is 0 Å². The second kappa shape index (κ2) is 4.09. The van der Waals surface area contributed by atoms with Crippen molar-refractivity contribution in [2.75, 3.05) is 6.61 Å². The Morgan fingerprint density at radius 3 is 2.00 bits per heavy atom. The second-order valence-electron chi connectivity index (χ2n) is 4.61. The van der Waals surface area contributed by atoms with E-state index in [1.54, 1.807) is 0 Å². The fourth-order valence-corrected chi connectivity index (χ4v) is 0.931. The van der Waals surface area contributed by atoms with E-state index in [2.05, 4.69) is 4.99 Å². The molecule has 0 bridgehead atoms. The molecule has 0 unspecified atom stereocenters. The summed E-state index contributed by atoms with van der Waals surface area (Å²) in [6.07, 6.45) is 0. The lowest BCUT2D eigenvalue weighted by atomic mass is 10.1. The average Bonchev–Trinajstić information content (AvgIpc) is 1.82. The van der Waals surface area contributed by atoms with Crippen molar-refractivity contribution in [3.8, 4) is 0 Å². The number of aliphatic imine (C=N–C) groups is 1. The summed E-state index contributed by atoms with van der Waals surface area (Å²) >= 11 is 0. The van der Waals surface area contributed by atoms with Crippen LogP contribution < -0.4 is 5.73 Å². The quantitative estimate of drug-likeness (QED) is 0.541. The van der Waals surface area contributed by atoms with Gasteiger partial charge in [0.15, 0.2) is 0 Å². The van der Waals surface area contributed by atoms with Crippen LogP contribution in [0.15, 0.2) is 4.99 Å². The van der Waals surface area contributed by atoms with Crippen molar-refractivity contribution >= 4 is 5.84 Å². The van der Waals surface area contributed by atoms with Gasteiger partial charge in [-0.3, -0.25) is 4.99 Å². The molecule has 0 aliphatic heterocycles. The number of nitrogens with two attached hydrogens (primary N) is 1. The highest BCUT2D eigenvalue weighted by Crippen LogP contribution is 2.13. The van der Waals surface area contributed by atoms with Gasteiger partial charge in [0, 0.05) is 6.61 Å². The molecule has 0 rings (SSSR count). The predicted molar refractivity (Wildman–Crippen MR) is 57.1 cm³/mol. The van der Waals surface area contributed by atoms with Gasteiger partial charge in [-0.2, -0.15) is 0 Å². The molecule has 0 heterocycles. The summed E-state index contributed by atoms with van der Waals surface area (Å²) < 4.78 is 5.48. The fourth-order valence-electron chi connectivity index (χ4n) is 0.931. The van der Waals surface area contributed by atoms with E-state index in [-0.39, 0.29) is 5.54 Å². The SMILES string of the molecule is CCOC(C)(C)C(N)=NC(C)(C)C. The Morgan fingerprint density at radius 2 is 1.69 bits per heavy atom. The van der Waals surface area contributed by atoms with E-state index in [1.165, 1.54) is 0 Å². The van der Waals surface area contributed by atoms with E-state index < -0.39 is 5.60 Å². The minimum atomic E-state index is -0.456. The molecule has 0 atom stereocenters. The first kappa shape index (κ1) is 12.4. The molecular formula is C10H22N2O. The fraction of sp³-hybridized carbons (Fsp3) is 0.900. The van der Waals surface area contributed by atoms with E-state index >= 15 is 0 Å². The Balaban J connectivity index is 4.57. The lowest BCUT2D eigenvalue weighted by Crippen LogP contribution is -2.42. The highest BCUT2D eigenvalue weighted by atomic mass is 16.5. The van der Waals surface area contributed by atoms with Crippen LogP contribution in [-0.2, 0) is 4.74 Å². The molecule has 0 amide bonds. The topological polar surface area (TPSA) is 47.6 Å². The first-order chi connectivity index (χ1) is 5.69. The van der Waals surface area contributed by atoms with Crippen molar-refractivity contribution in [3.05, 3.63) is 0 Å². The monoisotopic (exact) mass is 186 g/mol. The zero-order chi connectivity index (χ0) is 10.7.